The summed E-state index contributed by atoms with van der Waals surface area (Å²) in [4.78, 5) is 35.6. The van der Waals surface area contributed by atoms with E-state index in [4.69, 9.17) is 4.74 Å². The molecule has 166 valence electrons. The fourth-order valence-corrected chi connectivity index (χ4v) is 4.00. The molecular weight excluding hydrogens is 412 g/mol. The van der Waals surface area contributed by atoms with E-state index in [1.165, 1.54) is 11.6 Å². The van der Waals surface area contributed by atoms with Crippen LogP contribution in [0, 0.1) is 0 Å². The quantitative estimate of drug-likeness (QED) is 0.422. The Morgan fingerprint density at radius 2 is 1.97 bits per heavy atom. The normalized spacial score (nSPS) is 17.8. The second kappa shape index (κ2) is 7.57. The van der Waals surface area contributed by atoms with E-state index in [0.717, 1.165) is 21.2 Å². The molecule has 4 heterocycles. The maximum Gasteiger partial charge on any atom is 0.332 e. The largest absolute Gasteiger partial charge is 0.365 e. The zero-order valence-corrected chi connectivity index (χ0v) is 17.9. The van der Waals surface area contributed by atoms with Crippen LogP contribution in [0.3, 0.4) is 0 Å². The van der Waals surface area contributed by atoms with Crippen molar-refractivity contribution in [2.24, 2.45) is 14.1 Å². The molecule has 0 spiro atoms. The molecule has 32 heavy (non-hydrogen) atoms. The summed E-state index contributed by atoms with van der Waals surface area (Å²) < 4.78 is 9.44. The maximum absolute atomic E-state index is 12.6. The Labute approximate surface area is 182 Å². The second-order valence-corrected chi connectivity index (χ2v) is 8.21. The third-order valence-electron chi connectivity index (χ3n) is 5.90. The first-order chi connectivity index (χ1) is 15.4. The van der Waals surface area contributed by atoms with Crippen LogP contribution in [-0.4, -0.2) is 54.3 Å². The van der Waals surface area contributed by atoms with Gasteiger partial charge in [0.15, 0.2) is 11.2 Å². The first-order valence-electron chi connectivity index (χ1n) is 10.4. The van der Waals surface area contributed by atoms with Crippen LogP contribution in [0.4, 0.5) is 5.69 Å². The van der Waals surface area contributed by atoms with Gasteiger partial charge in [-0.2, -0.15) is 0 Å². The molecule has 10 nitrogen and oxygen atoms in total. The molecule has 1 fully saturated rings. The number of aromatic nitrogens is 5. The number of fused-ring (bicyclic) bond motifs is 2. The molecular formula is C22H24N6O4. The number of pyridine rings is 1. The van der Waals surface area contributed by atoms with Gasteiger partial charge in [-0.25, -0.2) is 9.78 Å². The summed E-state index contributed by atoms with van der Waals surface area (Å²) in [6.45, 7) is 1.77. The SMILES string of the molecule is Cn1c(=O)c2c(ncn2CCCN(CC2(O)CO2)c2cnc3ccccc3c2)n(C)c1=O. The van der Waals surface area contributed by atoms with Gasteiger partial charge in [-0.1, -0.05) is 18.2 Å². The predicted octanol–water partition coefficient (Wildman–Crippen LogP) is 0.597. The van der Waals surface area contributed by atoms with Crippen molar-refractivity contribution < 1.29 is 9.84 Å². The number of hydrogen-bond acceptors (Lipinski definition) is 7. The number of nitrogens with zero attached hydrogens (tertiary/aromatic N) is 6. The lowest BCUT2D eigenvalue weighted by Gasteiger charge is -2.26. The Bertz CT molecular complexity index is 1430. The van der Waals surface area contributed by atoms with Crippen LogP contribution in [-0.2, 0) is 25.4 Å². The van der Waals surface area contributed by atoms with Gasteiger partial charge >= 0.3 is 5.69 Å². The van der Waals surface area contributed by atoms with E-state index in [1.807, 2.05) is 35.2 Å². The Hall–Kier alpha value is -3.50. The van der Waals surface area contributed by atoms with Crippen molar-refractivity contribution in [3.05, 3.63) is 63.7 Å². The highest BCUT2D eigenvalue weighted by molar-refractivity contribution is 5.81. The molecule has 10 heteroatoms. The van der Waals surface area contributed by atoms with Crippen molar-refractivity contribution in [3.63, 3.8) is 0 Å². The topological polar surface area (TPSA) is 111 Å². The minimum absolute atomic E-state index is 0.306. The Balaban J connectivity index is 1.39. The van der Waals surface area contributed by atoms with Crippen LogP contribution < -0.4 is 16.1 Å². The first-order valence-corrected chi connectivity index (χ1v) is 10.4. The molecule has 1 aliphatic heterocycles. The molecule has 1 aliphatic rings. The minimum atomic E-state index is -1.14. The second-order valence-electron chi connectivity index (χ2n) is 8.21. The summed E-state index contributed by atoms with van der Waals surface area (Å²) in [6, 6.07) is 9.92. The number of para-hydroxylation sites is 1. The summed E-state index contributed by atoms with van der Waals surface area (Å²) in [5.74, 6) is -1.14. The van der Waals surface area contributed by atoms with Gasteiger partial charge in [-0.15, -0.1) is 0 Å². The predicted molar refractivity (Wildman–Crippen MR) is 120 cm³/mol. The summed E-state index contributed by atoms with van der Waals surface area (Å²) in [5, 5.41) is 11.4. The molecule has 1 unspecified atom stereocenters. The highest BCUT2D eigenvalue weighted by atomic mass is 16.7. The van der Waals surface area contributed by atoms with Gasteiger partial charge in [-0.05, 0) is 18.6 Å². The summed E-state index contributed by atoms with van der Waals surface area (Å²) in [7, 11) is 3.07. The van der Waals surface area contributed by atoms with E-state index in [0.29, 0.717) is 43.8 Å². The number of epoxide rings is 1. The number of aryl methyl sites for hydroxylation is 2. The maximum atomic E-state index is 12.6. The fraction of sp³-hybridized carbons (Fsp3) is 0.364. The van der Waals surface area contributed by atoms with E-state index >= 15 is 0 Å². The average molecular weight is 436 g/mol. The smallest absolute Gasteiger partial charge is 0.332 e. The van der Waals surface area contributed by atoms with Crippen LogP contribution in [0.15, 0.2) is 52.4 Å². The van der Waals surface area contributed by atoms with E-state index < -0.39 is 11.5 Å². The molecule has 1 atom stereocenters. The Kier molecular flexibility index (Phi) is 4.83. The highest BCUT2D eigenvalue weighted by Crippen LogP contribution is 2.28. The fourth-order valence-electron chi connectivity index (χ4n) is 4.00. The summed E-state index contributed by atoms with van der Waals surface area (Å²) in [5.41, 5.74) is 1.80. The van der Waals surface area contributed by atoms with Crippen molar-refractivity contribution in [1.82, 2.24) is 23.7 Å². The molecule has 1 saturated heterocycles. The molecule has 0 radical (unpaired) electrons. The Morgan fingerprint density at radius 3 is 2.75 bits per heavy atom. The Morgan fingerprint density at radius 1 is 1.19 bits per heavy atom. The molecule has 1 aromatic carbocycles. The van der Waals surface area contributed by atoms with E-state index in [2.05, 4.69) is 9.97 Å². The van der Waals surface area contributed by atoms with Gasteiger partial charge in [0.05, 0.1) is 30.3 Å². The van der Waals surface area contributed by atoms with Gasteiger partial charge in [0.25, 0.3) is 5.56 Å². The van der Waals surface area contributed by atoms with Crippen molar-refractivity contribution in [1.29, 1.82) is 0 Å². The molecule has 5 rings (SSSR count). The van der Waals surface area contributed by atoms with Crippen molar-refractivity contribution in [3.8, 4) is 0 Å². The lowest BCUT2D eigenvalue weighted by Crippen LogP contribution is -2.38. The van der Waals surface area contributed by atoms with Crippen molar-refractivity contribution in [2.45, 2.75) is 18.8 Å². The monoisotopic (exact) mass is 436 g/mol. The molecule has 0 amide bonds. The number of ether oxygens (including phenoxy) is 1. The lowest BCUT2D eigenvalue weighted by molar-refractivity contribution is 0.0431. The van der Waals surface area contributed by atoms with Gasteiger partial charge in [0.1, 0.15) is 6.61 Å². The van der Waals surface area contributed by atoms with Gasteiger partial charge in [0, 0.05) is 32.6 Å². The molecule has 0 aliphatic carbocycles. The zero-order valence-electron chi connectivity index (χ0n) is 17.9. The van der Waals surface area contributed by atoms with Gasteiger partial charge in [-0.3, -0.25) is 18.9 Å². The van der Waals surface area contributed by atoms with Crippen molar-refractivity contribution in [2.75, 3.05) is 24.6 Å². The number of hydrogen-bond donors (Lipinski definition) is 1. The molecule has 4 aromatic rings. The molecule has 1 N–H and O–H groups in total. The number of imidazole rings is 1. The number of aliphatic hydroxyl groups is 1. The van der Waals surface area contributed by atoms with Crippen LogP contribution in [0.2, 0.25) is 0 Å². The van der Waals surface area contributed by atoms with Crippen LogP contribution >= 0.6 is 0 Å². The van der Waals surface area contributed by atoms with E-state index in [1.54, 1.807) is 24.1 Å². The highest BCUT2D eigenvalue weighted by Gasteiger charge is 2.44. The summed E-state index contributed by atoms with van der Waals surface area (Å²) in [6.07, 6.45) is 4.07. The van der Waals surface area contributed by atoms with Crippen LogP contribution in [0.25, 0.3) is 22.1 Å². The van der Waals surface area contributed by atoms with Crippen molar-refractivity contribution >= 4 is 27.8 Å². The first kappa shape index (κ1) is 20.4. The third kappa shape index (κ3) is 3.57. The standard InChI is InChI=1S/C22H24N6O4/c1-25-19-18(20(29)26(2)21(25)30)28(14-24-19)9-5-8-27(12-22(31)13-32-22)16-10-15-6-3-4-7-17(15)23-11-16/h3-4,6-7,10-11,14,31H,5,8-9,12-13H2,1-2H3. The number of anilines is 1. The van der Waals surface area contributed by atoms with Crippen LogP contribution in [0.5, 0.6) is 0 Å². The molecule has 0 saturated carbocycles. The number of benzene rings is 1. The van der Waals surface area contributed by atoms with Gasteiger partial charge < -0.3 is 19.3 Å². The zero-order chi connectivity index (χ0) is 22.5. The van der Waals surface area contributed by atoms with E-state index in [-0.39, 0.29) is 5.56 Å². The summed E-state index contributed by atoms with van der Waals surface area (Å²) >= 11 is 0. The van der Waals surface area contributed by atoms with E-state index in [9.17, 15) is 14.7 Å². The molecule has 3 aromatic heterocycles. The third-order valence-corrected chi connectivity index (χ3v) is 5.90. The minimum Gasteiger partial charge on any atom is -0.365 e. The van der Waals surface area contributed by atoms with Crippen LogP contribution in [0.1, 0.15) is 6.42 Å². The van der Waals surface area contributed by atoms with Gasteiger partial charge in [0.2, 0.25) is 5.79 Å². The molecule has 0 bridgehead atoms. The number of rotatable bonds is 7. The lowest BCUT2D eigenvalue weighted by atomic mass is 10.2. The average Bonchev–Trinajstić information content (AvgIpc) is 3.37.